The smallest absolute Gasteiger partial charge is 0.319 e. The molecule has 4 nitrogen and oxygen atoms in total. The van der Waals surface area contributed by atoms with Crippen LogP contribution in [0.25, 0.3) is 0 Å². The molecule has 0 bridgehead atoms. The van der Waals surface area contributed by atoms with Crippen molar-refractivity contribution in [2.75, 3.05) is 24.6 Å². The van der Waals surface area contributed by atoms with Gasteiger partial charge in [-0.2, -0.15) is 0 Å². The first-order valence-corrected chi connectivity index (χ1v) is 7.35. The Labute approximate surface area is 127 Å². The van der Waals surface area contributed by atoms with Crippen LogP contribution in [0.15, 0.2) is 24.3 Å². The molecule has 0 aromatic heterocycles. The molecule has 0 unspecified atom stereocenters. The lowest BCUT2D eigenvalue weighted by Crippen LogP contribution is -2.42. The number of likely N-dealkylation sites (N-methyl/N-ethyl adjacent to an activating group) is 1. The van der Waals surface area contributed by atoms with Gasteiger partial charge in [0, 0.05) is 12.2 Å². The van der Waals surface area contributed by atoms with Gasteiger partial charge in [-0.05, 0) is 46.8 Å². The molecule has 0 aliphatic carbocycles. The van der Waals surface area contributed by atoms with Crippen molar-refractivity contribution in [1.82, 2.24) is 0 Å². The molecule has 1 aromatic carbocycles. The molecule has 0 fully saturated rings. The lowest BCUT2D eigenvalue weighted by atomic mass is 9.87. The molecule has 1 aromatic rings. The Bertz CT molecular complexity index is 491. The monoisotopic (exact) mass is 291 g/mol. The van der Waals surface area contributed by atoms with Crippen LogP contribution in [0, 0.1) is 12.3 Å². The highest BCUT2D eigenvalue weighted by atomic mass is 16.5. The molecule has 4 heteroatoms. The molecule has 0 aliphatic heterocycles. The first-order chi connectivity index (χ1) is 9.82. The summed E-state index contributed by atoms with van der Waals surface area (Å²) in [6.45, 7) is 10.2. The van der Waals surface area contributed by atoms with Gasteiger partial charge in [-0.25, -0.2) is 0 Å². The second-order valence-electron chi connectivity index (χ2n) is 5.62. The maximum atomic E-state index is 12.4. The van der Waals surface area contributed by atoms with Crippen LogP contribution in [0.4, 0.5) is 5.69 Å². The van der Waals surface area contributed by atoms with E-state index in [0.717, 1.165) is 5.69 Å². The summed E-state index contributed by atoms with van der Waals surface area (Å²) in [7, 11) is 0. The van der Waals surface area contributed by atoms with Crippen LogP contribution >= 0.6 is 0 Å². The van der Waals surface area contributed by atoms with Crippen molar-refractivity contribution < 1.29 is 14.3 Å². The maximum Gasteiger partial charge on any atom is 0.319 e. The number of benzene rings is 1. The molecular formula is C17H25NO3. The van der Waals surface area contributed by atoms with Crippen molar-refractivity contribution in [3.63, 3.8) is 0 Å². The molecule has 0 N–H and O–H groups in total. The van der Waals surface area contributed by atoms with Crippen molar-refractivity contribution in [3.05, 3.63) is 29.8 Å². The zero-order chi connectivity index (χ0) is 16.0. The summed E-state index contributed by atoms with van der Waals surface area (Å²) in [5.41, 5.74) is 1.04. The van der Waals surface area contributed by atoms with Gasteiger partial charge >= 0.3 is 5.97 Å². The molecule has 21 heavy (non-hydrogen) atoms. The summed E-state index contributed by atoms with van der Waals surface area (Å²) in [4.78, 5) is 26.3. The summed E-state index contributed by atoms with van der Waals surface area (Å²) in [6, 6.07) is 8.00. The highest BCUT2D eigenvalue weighted by Crippen LogP contribution is 2.22. The van der Waals surface area contributed by atoms with Gasteiger partial charge in [-0.15, -0.1) is 0 Å². The Hall–Kier alpha value is -1.84. The number of hydrogen-bond donors (Lipinski definition) is 0. The van der Waals surface area contributed by atoms with E-state index in [9.17, 15) is 9.59 Å². The summed E-state index contributed by atoms with van der Waals surface area (Å²) in [5, 5.41) is 0. The third-order valence-corrected chi connectivity index (χ3v) is 3.60. The quantitative estimate of drug-likeness (QED) is 0.572. The van der Waals surface area contributed by atoms with E-state index < -0.39 is 11.4 Å². The molecule has 0 aliphatic rings. The molecule has 116 valence electrons. The summed E-state index contributed by atoms with van der Waals surface area (Å²) < 4.78 is 4.99. The number of carbonyl (C=O) groups excluding carboxylic acids is 2. The fraction of sp³-hybridized carbons (Fsp3) is 0.529. The van der Waals surface area contributed by atoms with Crippen LogP contribution in [-0.4, -0.2) is 31.4 Å². The molecule has 0 radical (unpaired) electrons. The Morgan fingerprint density at radius 3 is 2.19 bits per heavy atom. The number of rotatable bonds is 7. The molecule has 1 rings (SSSR count). The van der Waals surface area contributed by atoms with E-state index >= 15 is 0 Å². The van der Waals surface area contributed by atoms with E-state index in [-0.39, 0.29) is 18.9 Å². The summed E-state index contributed by atoms with van der Waals surface area (Å²) >= 11 is 0. The Morgan fingerprint density at radius 1 is 1.14 bits per heavy atom. The average Bonchev–Trinajstić information content (AvgIpc) is 2.45. The second-order valence-corrected chi connectivity index (χ2v) is 5.62. The van der Waals surface area contributed by atoms with Crippen LogP contribution in [0.2, 0.25) is 0 Å². The minimum Gasteiger partial charge on any atom is -0.465 e. The normalized spacial score (nSPS) is 11.1. The van der Waals surface area contributed by atoms with Gasteiger partial charge in [0.1, 0.15) is 5.41 Å². The standard InChI is InChI=1S/C17H25NO3/c1-6-18(14-10-8-13(3)9-11-14)12-15(19)17(4,5)16(20)21-7-2/h8-11H,6-7,12H2,1-5H3. The molecule has 0 heterocycles. The van der Waals surface area contributed by atoms with Gasteiger partial charge in [0.15, 0.2) is 5.78 Å². The van der Waals surface area contributed by atoms with E-state index in [1.807, 2.05) is 43.0 Å². The number of ketones is 1. The van der Waals surface area contributed by atoms with E-state index in [1.165, 1.54) is 5.56 Å². The molecule has 0 amide bonds. The average molecular weight is 291 g/mol. The highest BCUT2D eigenvalue weighted by molar-refractivity contribution is 6.04. The number of hydrogen-bond acceptors (Lipinski definition) is 4. The highest BCUT2D eigenvalue weighted by Gasteiger charge is 2.37. The van der Waals surface area contributed by atoms with Crippen LogP contribution in [0.3, 0.4) is 0 Å². The zero-order valence-corrected chi connectivity index (χ0v) is 13.6. The molecule has 0 saturated heterocycles. The van der Waals surface area contributed by atoms with Crippen LogP contribution in [0.1, 0.15) is 33.3 Å². The number of Topliss-reactive ketones (excluding diaryl/α,β-unsaturated/α-hetero) is 1. The predicted molar refractivity (Wildman–Crippen MR) is 84.5 cm³/mol. The van der Waals surface area contributed by atoms with E-state index in [2.05, 4.69) is 0 Å². The van der Waals surface area contributed by atoms with Gasteiger partial charge in [0.05, 0.1) is 13.2 Å². The second kappa shape index (κ2) is 7.25. The van der Waals surface area contributed by atoms with Crippen molar-refractivity contribution in [2.45, 2.75) is 34.6 Å². The van der Waals surface area contributed by atoms with E-state index in [1.54, 1.807) is 20.8 Å². The largest absolute Gasteiger partial charge is 0.465 e. The van der Waals surface area contributed by atoms with Crippen molar-refractivity contribution in [2.24, 2.45) is 5.41 Å². The van der Waals surface area contributed by atoms with E-state index in [0.29, 0.717) is 6.54 Å². The molecule has 0 saturated carbocycles. The van der Waals surface area contributed by atoms with Crippen molar-refractivity contribution in [1.29, 1.82) is 0 Å². The van der Waals surface area contributed by atoms with Crippen molar-refractivity contribution >= 4 is 17.4 Å². The lowest BCUT2D eigenvalue weighted by molar-refractivity contribution is -0.157. The van der Waals surface area contributed by atoms with E-state index in [4.69, 9.17) is 4.74 Å². The first-order valence-electron chi connectivity index (χ1n) is 7.35. The lowest BCUT2D eigenvalue weighted by Gasteiger charge is -2.27. The third-order valence-electron chi connectivity index (χ3n) is 3.60. The van der Waals surface area contributed by atoms with Gasteiger partial charge in [0.2, 0.25) is 0 Å². The van der Waals surface area contributed by atoms with Gasteiger partial charge < -0.3 is 9.64 Å². The number of ether oxygens (including phenoxy) is 1. The van der Waals surface area contributed by atoms with Crippen molar-refractivity contribution in [3.8, 4) is 0 Å². The summed E-state index contributed by atoms with van der Waals surface area (Å²) in [6.07, 6.45) is 0. The summed E-state index contributed by atoms with van der Waals surface area (Å²) in [5.74, 6) is -0.599. The van der Waals surface area contributed by atoms with Gasteiger partial charge in [-0.3, -0.25) is 9.59 Å². The Balaban J connectivity index is 2.83. The number of nitrogens with zero attached hydrogens (tertiary/aromatic N) is 1. The SMILES string of the molecule is CCOC(=O)C(C)(C)C(=O)CN(CC)c1ccc(C)cc1. The fourth-order valence-corrected chi connectivity index (χ4v) is 1.94. The third kappa shape index (κ3) is 4.31. The van der Waals surface area contributed by atoms with Gasteiger partial charge in [-0.1, -0.05) is 17.7 Å². The number of aryl methyl sites for hydroxylation is 1. The van der Waals surface area contributed by atoms with Crippen LogP contribution < -0.4 is 4.90 Å². The van der Waals surface area contributed by atoms with Gasteiger partial charge in [0.25, 0.3) is 0 Å². The predicted octanol–water partition coefficient (Wildman–Crippen LogP) is 2.98. The molecule has 0 spiro atoms. The van der Waals surface area contributed by atoms with Crippen LogP contribution in [-0.2, 0) is 14.3 Å². The fourth-order valence-electron chi connectivity index (χ4n) is 1.94. The van der Waals surface area contributed by atoms with Crippen LogP contribution in [0.5, 0.6) is 0 Å². The maximum absolute atomic E-state index is 12.4. The Morgan fingerprint density at radius 2 is 1.71 bits per heavy atom. The number of anilines is 1. The minimum absolute atomic E-state index is 0.136. The number of esters is 1. The number of carbonyl (C=O) groups is 2. The molecular weight excluding hydrogens is 266 g/mol. The zero-order valence-electron chi connectivity index (χ0n) is 13.6. The Kier molecular flexibility index (Phi) is 5.94. The topological polar surface area (TPSA) is 46.6 Å². The molecule has 0 atom stereocenters. The first kappa shape index (κ1) is 17.2. The minimum atomic E-state index is -1.12.